The molecule has 0 radical (unpaired) electrons. The van der Waals surface area contributed by atoms with Gasteiger partial charge < -0.3 is 9.30 Å². The molecule has 0 saturated heterocycles. The van der Waals surface area contributed by atoms with Gasteiger partial charge in [0.1, 0.15) is 6.10 Å². The van der Waals surface area contributed by atoms with Crippen LogP contribution in [0.3, 0.4) is 0 Å². The molecular weight excluding hydrogens is 419 g/mol. The second-order valence-electron chi connectivity index (χ2n) is 4.94. The average Bonchev–Trinajstić information content (AvgIpc) is 3.16. The van der Waals surface area contributed by atoms with Crippen LogP contribution in [0.1, 0.15) is 17.2 Å². The zero-order valence-electron chi connectivity index (χ0n) is 12.0. The van der Waals surface area contributed by atoms with Gasteiger partial charge in [-0.2, -0.15) is 0 Å². The maximum absolute atomic E-state index is 6.36. The van der Waals surface area contributed by atoms with Crippen LogP contribution < -0.4 is 0 Å². The first-order chi connectivity index (χ1) is 11.1. The molecule has 0 aliphatic heterocycles. The number of halogens is 3. The Morgan fingerprint density at radius 2 is 2.17 bits per heavy atom. The van der Waals surface area contributed by atoms with E-state index >= 15 is 0 Å². The number of benzene rings is 1. The molecule has 3 aromatic rings. The fourth-order valence-corrected chi connectivity index (χ4v) is 3.93. The van der Waals surface area contributed by atoms with Crippen LogP contribution in [-0.2, 0) is 17.9 Å². The Labute approximate surface area is 157 Å². The van der Waals surface area contributed by atoms with Crippen molar-refractivity contribution < 1.29 is 4.74 Å². The Kier molecular flexibility index (Phi) is 5.77. The van der Waals surface area contributed by atoms with Crippen LogP contribution in [0.25, 0.3) is 0 Å². The van der Waals surface area contributed by atoms with Crippen LogP contribution >= 0.6 is 50.5 Å². The monoisotopic (exact) mass is 430 g/mol. The lowest BCUT2D eigenvalue weighted by Gasteiger charge is -2.20. The van der Waals surface area contributed by atoms with Gasteiger partial charge in [-0.3, -0.25) is 0 Å². The molecule has 3 rings (SSSR count). The first-order valence-electron chi connectivity index (χ1n) is 6.87. The smallest absolute Gasteiger partial charge is 0.102 e. The third-order valence-corrected chi connectivity index (χ3v) is 5.75. The molecule has 0 bridgehead atoms. The van der Waals surface area contributed by atoms with Crippen LogP contribution in [-0.4, -0.2) is 9.55 Å². The van der Waals surface area contributed by atoms with E-state index in [-0.39, 0.29) is 6.10 Å². The largest absolute Gasteiger partial charge is 0.367 e. The number of thiophene rings is 1. The molecule has 0 aliphatic rings. The van der Waals surface area contributed by atoms with Crippen molar-refractivity contribution in [2.75, 3.05) is 0 Å². The van der Waals surface area contributed by atoms with Crippen molar-refractivity contribution in [1.29, 1.82) is 0 Å². The Balaban J connectivity index is 1.82. The predicted molar refractivity (Wildman–Crippen MR) is 98.2 cm³/mol. The van der Waals surface area contributed by atoms with Gasteiger partial charge in [-0.1, -0.05) is 29.3 Å². The van der Waals surface area contributed by atoms with Crippen molar-refractivity contribution in [3.05, 3.63) is 73.3 Å². The zero-order valence-corrected chi connectivity index (χ0v) is 15.9. The number of hydrogen-bond donors (Lipinski definition) is 0. The number of rotatable bonds is 6. The van der Waals surface area contributed by atoms with Crippen LogP contribution in [0.4, 0.5) is 0 Å². The van der Waals surface area contributed by atoms with Crippen molar-refractivity contribution in [2.24, 2.45) is 0 Å². The van der Waals surface area contributed by atoms with Gasteiger partial charge in [0, 0.05) is 33.6 Å². The molecule has 1 atom stereocenters. The SMILES string of the molecule is Clc1ccc([C@@H](Cn2ccnc2)OCc2ccsc2Br)c(Cl)c1. The zero-order chi connectivity index (χ0) is 16.2. The van der Waals surface area contributed by atoms with Crippen LogP contribution in [0, 0.1) is 0 Å². The molecule has 0 spiro atoms. The summed E-state index contributed by atoms with van der Waals surface area (Å²) in [4.78, 5) is 4.08. The molecule has 0 fully saturated rings. The highest BCUT2D eigenvalue weighted by molar-refractivity contribution is 9.11. The summed E-state index contributed by atoms with van der Waals surface area (Å²) in [5.41, 5.74) is 2.03. The molecular formula is C16H13BrCl2N2OS. The van der Waals surface area contributed by atoms with Crippen molar-refractivity contribution in [3.8, 4) is 0 Å². The molecule has 0 amide bonds. The van der Waals surface area contributed by atoms with Gasteiger partial charge in [0.25, 0.3) is 0 Å². The molecule has 23 heavy (non-hydrogen) atoms. The Hall–Kier alpha value is -0.850. The summed E-state index contributed by atoms with van der Waals surface area (Å²) in [6.07, 6.45) is 5.22. The number of nitrogens with zero attached hydrogens (tertiary/aromatic N) is 2. The molecule has 0 aliphatic carbocycles. The molecule has 2 heterocycles. The van der Waals surface area contributed by atoms with Crippen molar-refractivity contribution in [2.45, 2.75) is 19.3 Å². The molecule has 120 valence electrons. The summed E-state index contributed by atoms with van der Waals surface area (Å²) in [6, 6.07) is 7.53. The van der Waals surface area contributed by atoms with Crippen LogP contribution in [0.15, 0.2) is 52.2 Å². The summed E-state index contributed by atoms with van der Waals surface area (Å²) < 4.78 is 9.20. The lowest BCUT2D eigenvalue weighted by molar-refractivity contribution is 0.0279. The number of hydrogen-bond acceptors (Lipinski definition) is 3. The van der Waals surface area contributed by atoms with E-state index in [0.717, 1.165) is 14.9 Å². The topological polar surface area (TPSA) is 27.1 Å². The summed E-state index contributed by atoms with van der Waals surface area (Å²) in [6.45, 7) is 1.13. The highest BCUT2D eigenvalue weighted by atomic mass is 79.9. The van der Waals surface area contributed by atoms with Gasteiger partial charge in [0.15, 0.2) is 0 Å². The number of ether oxygens (including phenoxy) is 1. The lowest BCUT2D eigenvalue weighted by Crippen LogP contribution is -2.12. The van der Waals surface area contributed by atoms with Crippen molar-refractivity contribution in [1.82, 2.24) is 9.55 Å². The van der Waals surface area contributed by atoms with Gasteiger partial charge in [-0.25, -0.2) is 4.98 Å². The number of aromatic nitrogens is 2. The van der Waals surface area contributed by atoms with E-state index in [2.05, 4.69) is 20.9 Å². The van der Waals surface area contributed by atoms with Gasteiger partial charge in [-0.15, -0.1) is 11.3 Å². The lowest BCUT2D eigenvalue weighted by atomic mass is 10.1. The molecule has 0 N–H and O–H groups in total. The van der Waals surface area contributed by atoms with Crippen molar-refractivity contribution >= 4 is 50.5 Å². The number of imidazole rings is 1. The first kappa shape index (κ1) is 17.0. The summed E-state index contributed by atoms with van der Waals surface area (Å²) in [7, 11) is 0. The molecule has 0 unspecified atom stereocenters. The highest BCUT2D eigenvalue weighted by Crippen LogP contribution is 2.32. The van der Waals surface area contributed by atoms with E-state index < -0.39 is 0 Å². The van der Waals surface area contributed by atoms with Gasteiger partial charge in [0.2, 0.25) is 0 Å². The van der Waals surface area contributed by atoms with Crippen molar-refractivity contribution in [3.63, 3.8) is 0 Å². The second-order valence-corrected chi connectivity index (χ2v) is 8.02. The third-order valence-electron chi connectivity index (χ3n) is 3.38. The van der Waals surface area contributed by atoms with E-state index in [0.29, 0.717) is 23.2 Å². The quantitative estimate of drug-likeness (QED) is 0.480. The maximum atomic E-state index is 6.36. The molecule has 0 saturated carbocycles. The second kappa shape index (κ2) is 7.81. The van der Waals surface area contributed by atoms with E-state index in [1.54, 1.807) is 29.9 Å². The van der Waals surface area contributed by atoms with Gasteiger partial charge in [-0.05, 0) is 39.5 Å². The molecule has 2 aromatic heterocycles. The standard InChI is InChI=1S/C16H13BrCl2N2OS/c17-16-11(3-6-23-16)9-22-15(8-21-5-4-20-10-21)13-2-1-12(18)7-14(13)19/h1-7,10,15H,8-9H2/t15-/m1/s1. The Morgan fingerprint density at radius 1 is 1.30 bits per heavy atom. The molecule has 7 heteroatoms. The minimum absolute atomic E-state index is 0.194. The molecule has 3 nitrogen and oxygen atoms in total. The summed E-state index contributed by atoms with van der Waals surface area (Å²) in [5.74, 6) is 0. The van der Waals surface area contributed by atoms with Gasteiger partial charge >= 0.3 is 0 Å². The van der Waals surface area contributed by atoms with Crippen LogP contribution in [0.2, 0.25) is 10.0 Å². The minimum atomic E-state index is -0.194. The first-order valence-corrected chi connectivity index (χ1v) is 9.30. The fourth-order valence-electron chi connectivity index (χ4n) is 2.20. The Morgan fingerprint density at radius 3 is 2.83 bits per heavy atom. The Bertz CT molecular complexity index is 776. The normalized spacial score (nSPS) is 12.5. The van der Waals surface area contributed by atoms with E-state index in [9.17, 15) is 0 Å². The van der Waals surface area contributed by atoms with Crippen LogP contribution in [0.5, 0.6) is 0 Å². The third kappa shape index (κ3) is 4.37. The average molecular weight is 432 g/mol. The highest BCUT2D eigenvalue weighted by Gasteiger charge is 2.17. The summed E-state index contributed by atoms with van der Waals surface area (Å²) >= 11 is 17.5. The minimum Gasteiger partial charge on any atom is -0.367 e. The maximum Gasteiger partial charge on any atom is 0.102 e. The molecule has 1 aromatic carbocycles. The fraction of sp³-hybridized carbons (Fsp3) is 0.188. The van der Waals surface area contributed by atoms with E-state index in [1.807, 2.05) is 34.3 Å². The summed E-state index contributed by atoms with van der Waals surface area (Å²) in [5, 5.41) is 3.25. The van der Waals surface area contributed by atoms with E-state index in [4.69, 9.17) is 27.9 Å². The van der Waals surface area contributed by atoms with Gasteiger partial charge in [0.05, 0.1) is 23.3 Å². The predicted octanol–water partition coefficient (Wildman–Crippen LogP) is 5.97. The van der Waals surface area contributed by atoms with E-state index in [1.165, 1.54) is 0 Å².